The van der Waals surface area contributed by atoms with E-state index in [0.717, 1.165) is 24.7 Å². The van der Waals surface area contributed by atoms with Crippen molar-refractivity contribution in [2.75, 3.05) is 39.9 Å². The lowest BCUT2D eigenvalue weighted by atomic mass is 10.2. The third-order valence-electron chi connectivity index (χ3n) is 5.31. The topological polar surface area (TPSA) is 72.2 Å². The maximum Gasteiger partial charge on any atom is 0.336 e. The normalized spacial score (nSPS) is 14.6. The van der Waals surface area contributed by atoms with Crippen molar-refractivity contribution < 1.29 is 18.7 Å². The molecular weight excluding hydrogens is 420 g/mol. The summed E-state index contributed by atoms with van der Waals surface area (Å²) in [6, 6.07) is 14.3. The molecule has 1 saturated heterocycles. The number of hydrogen-bond donors (Lipinski definition) is 0. The van der Waals surface area contributed by atoms with E-state index in [4.69, 9.17) is 25.5 Å². The highest BCUT2D eigenvalue weighted by Gasteiger charge is 2.22. The van der Waals surface area contributed by atoms with Gasteiger partial charge >= 0.3 is 5.63 Å². The summed E-state index contributed by atoms with van der Waals surface area (Å²) in [7, 11) is 1.50. The Morgan fingerprint density at radius 1 is 1.03 bits per heavy atom. The third-order valence-corrected chi connectivity index (χ3v) is 5.56. The van der Waals surface area contributed by atoms with Gasteiger partial charge in [-0.1, -0.05) is 23.7 Å². The lowest BCUT2D eigenvalue weighted by Gasteiger charge is -2.34. The van der Waals surface area contributed by atoms with Crippen LogP contribution in [-0.4, -0.2) is 55.6 Å². The van der Waals surface area contributed by atoms with E-state index in [1.807, 2.05) is 24.3 Å². The molecule has 0 spiro atoms. The average Bonchev–Trinajstić information content (AvgIpc) is 2.79. The van der Waals surface area contributed by atoms with Gasteiger partial charge in [0.25, 0.3) is 5.91 Å². The number of carbonyl (C=O) groups is 1. The molecule has 0 atom stereocenters. The van der Waals surface area contributed by atoms with Crippen molar-refractivity contribution in [2.45, 2.75) is 6.54 Å². The molecule has 8 heteroatoms. The van der Waals surface area contributed by atoms with E-state index in [1.165, 1.54) is 18.7 Å². The second-order valence-electron chi connectivity index (χ2n) is 7.34. The average molecular weight is 443 g/mol. The van der Waals surface area contributed by atoms with E-state index in [-0.39, 0.29) is 23.8 Å². The zero-order valence-corrected chi connectivity index (χ0v) is 17.9. The number of carbonyl (C=O) groups excluding carboxylic acids is 1. The van der Waals surface area contributed by atoms with E-state index >= 15 is 0 Å². The molecule has 1 amide bonds. The van der Waals surface area contributed by atoms with E-state index in [2.05, 4.69) is 4.90 Å². The van der Waals surface area contributed by atoms with Crippen molar-refractivity contribution in [2.24, 2.45) is 0 Å². The molecule has 1 aliphatic rings. The Morgan fingerprint density at radius 2 is 1.74 bits per heavy atom. The number of methoxy groups -OCH3 is 1. The molecule has 0 aliphatic carbocycles. The molecule has 1 aliphatic heterocycles. The fourth-order valence-electron chi connectivity index (χ4n) is 3.61. The molecule has 0 radical (unpaired) electrons. The molecule has 31 heavy (non-hydrogen) atoms. The van der Waals surface area contributed by atoms with Crippen LogP contribution in [0.1, 0.15) is 5.56 Å². The molecule has 2 aromatic carbocycles. The highest BCUT2D eigenvalue weighted by atomic mass is 35.5. The molecule has 3 aromatic rings. The number of ether oxygens (including phenoxy) is 2. The van der Waals surface area contributed by atoms with Gasteiger partial charge in [-0.3, -0.25) is 9.69 Å². The van der Waals surface area contributed by atoms with Crippen LogP contribution < -0.4 is 15.1 Å². The summed E-state index contributed by atoms with van der Waals surface area (Å²) >= 11 is 5.94. The van der Waals surface area contributed by atoms with Crippen molar-refractivity contribution in [1.29, 1.82) is 0 Å². The maximum atomic E-state index is 12.7. The lowest BCUT2D eigenvalue weighted by molar-refractivity contribution is -0.135. The van der Waals surface area contributed by atoms with Crippen LogP contribution in [0.5, 0.6) is 11.5 Å². The predicted octanol–water partition coefficient (Wildman–Crippen LogP) is 3.18. The monoisotopic (exact) mass is 442 g/mol. The van der Waals surface area contributed by atoms with E-state index in [0.29, 0.717) is 24.2 Å². The summed E-state index contributed by atoms with van der Waals surface area (Å²) in [5.74, 6) is 0.540. The molecule has 1 aromatic heterocycles. The van der Waals surface area contributed by atoms with Crippen molar-refractivity contribution in [3.63, 3.8) is 0 Å². The summed E-state index contributed by atoms with van der Waals surface area (Å²) in [6.45, 7) is 3.46. The number of amides is 1. The van der Waals surface area contributed by atoms with Gasteiger partial charge in [0, 0.05) is 49.2 Å². The zero-order chi connectivity index (χ0) is 21.8. The summed E-state index contributed by atoms with van der Waals surface area (Å²) in [6.07, 6.45) is 0. The molecule has 0 unspecified atom stereocenters. The first-order valence-electron chi connectivity index (χ1n) is 10.0. The minimum absolute atomic E-state index is 0.122. The van der Waals surface area contributed by atoms with Crippen LogP contribution in [0, 0.1) is 0 Å². The first-order chi connectivity index (χ1) is 15.0. The Kier molecular flexibility index (Phi) is 6.44. The Bertz CT molecular complexity index is 1120. The van der Waals surface area contributed by atoms with Gasteiger partial charge in [-0.25, -0.2) is 4.79 Å². The van der Waals surface area contributed by atoms with Gasteiger partial charge in [-0.2, -0.15) is 0 Å². The van der Waals surface area contributed by atoms with Gasteiger partial charge < -0.3 is 18.8 Å². The Balaban J connectivity index is 1.36. The third kappa shape index (κ3) is 5.00. The van der Waals surface area contributed by atoms with E-state index < -0.39 is 5.63 Å². The summed E-state index contributed by atoms with van der Waals surface area (Å²) < 4.78 is 16.4. The largest absolute Gasteiger partial charge is 0.493 e. The number of nitrogens with zero attached hydrogens (tertiary/aromatic N) is 2. The summed E-state index contributed by atoms with van der Waals surface area (Å²) in [5.41, 5.74) is 0.971. The summed E-state index contributed by atoms with van der Waals surface area (Å²) in [5, 5.41) is 1.42. The number of halogens is 1. The molecule has 0 bridgehead atoms. The van der Waals surface area contributed by atoms with Crippen LogP contribution in [0.25, 0.3) is 11.0 Å². The van der Waals surface area contributed by atoms with Gasteiger partial charge in [-0.05, 0) is 35.9 Å². The van der Waals surface area contributed by atoms with Crippen LogP contribution in [0.4, 0.5) is 0 Å². The van der Waals surface area contributed by atoms with E-state index in [9.17, 15) is 9.59 Å². The van der Waals surface area contributed by atoms with E-state index in [1.54, 1.807) is 23.1 Å². The smallest absolute Gasteiger partial charge is 0.336 e. The minimum Gasteiger partial charge on any atom is -0.493 e. The number of hydrogen-bond acceptors (Lipinski definition) is 6. The van der Waals surface area contributed by atoms with Crippen LogP contribution in [0.2, 0.25) is 5.02 Å². The summed E-state index contributed by atoms with van der Waals surface area (Å²) in [4.78, 5) is 28.4. The fourth-order valence-corrected chi connectivity index (χ4v) is 3.74. The molecule has 0 saturated carbocycles. The predicted molar refractivity (Wildman–Crippen MR) is 118 cm³/mol. The van der Waals surface area contributed by atoms with Crippen molar-refractivity contribution in [1.82, 2.24) is 9.80 Å². The molecular formula is C23H23ClN2O5. The van der Waals surface area contributed by atoms with Crippen LogP contribution in [0.3, 0.4) is 0 Å². The SMILES string of the molecule is COc1ccc2ccc(=O)oc2c1OCC(=O)N1CCN(Cc2ccc(Cl)cc2)CC1. The number of benzene rings is 2. The highest BCUT2D eigenvalue weighted by molar-refractivity contribution is 6.30. The highest BCUT2D eigenvalue weighted by Crippen LogP contribution is 2.34. The number of piperazine rings is 1. The van der Waals surface area contributed by atoms with Gasteiger partial charge in [0.1, 0.15) is 0 Å². The molecule has 0 N–H and O–H groups in total. The van der Waals surface area contributed by atoms with Gasteiger partial charge in [0.2, 0.25) is 5.75 Å². The quantitative estimate of drug-likeness (QED) is 0.546. The van der Waals surface area contributed by atoms with Crippen LogP contribution >= 0.6 is 11.6 Å². The van der Waals surface area contributed by atoms with Crippen LogP contribution in [0.15, 0.2) is 57.7 Å². The fraction of sp³-hybridized carbons (Fsp3) is 0.304. The number of fused-ring (bicyclic) bond motifs is 1. The lowest BCUT2D eigenvalue weighted by Crippen LogP contribution is -2.49. The maximum absolute atomic E-state index is 12.7. The Morgan fingerprint density at radius 3 is 2.45 bits per heavy atom. The number of rotatable bonds is 6. The van der Waals surface area contributed by atoms with Crippen molar-refractivity contribution >= 4 is 28.5 Å². The second kappa shape index (κ2) is 9.41. The molecule has 2 heterocycles. The van der Waals surface area contributed by atoms with Crippen LogP contribution in [-0.2, 0) is 11.3 Å². The molecule has 1 fully saturated rings. The first-order valence-corrected chi connectivity index (χ1v) is 10.4. The Labute approximate surface area is 184 Å². The van der Waals surface area contributed by atoms with Crippen molar-refractivity contribution in [3.8, 4) is 11.5 Å². The van der Waals surface area contributed by atoms with Gasteiger partial charge in [0.15, 0.2) is 17.9 Å². The van der Waals surface area contributed by atoms with Gasteiger partial charge in [0.05, 0.1) is 7.11 Å². The molecule has 7 nitrogen and oxygen atoms in total. The minimum atomic E-state index is -0.492. The Hall–Kier alpha value is -3.03. The second-order valence-corrected chi connectivity index (χ2v) is 7.78. The molecule has 162 valence electrons. The van der Waals surface area contributed by atoms with Gasteiger partial charge in [-0.15, -0.1) is 0 Å². The molecule has 4 rings (SSSR count). The zero-order valence-electron chi connectivity index (χ0n) is 17.2. The standard InChI is InChI=1S/C23H23ClN2O5/c1-29-19-8-4-17-5-9-21(28)31-22(17)23(19)30-15-20(27)26-12-10-25(11-13-26)14-16-2-6-18(24)7-3-16/h2-9H,10-15H2,1H3. The first kappa shape index (κ1) is 21.2. The van der Waals surface area contributed by atoms with Crippen molar-refractivity contribution in [3.05, 3.63) is 69.5 Å².